The van der Waals surface area contributed by atoms with Crippen LogP contribution in [0.15, 0.2) is 72.8 Å². The van der Waals surface area contributed by atoms with Gasteiger partial charge < -0.3 is 0 Å². The number of rotatable bonds is 7. The Kier molecular flexibility index (Phi) is 8.74. The molecule has 0 fully saturated rings. The Morgan fingerprint density at radius 2 is 0.676 bits per heavy atom. The van der Waals surface area contributed by atoms with Crippen LogP contribution >= 0.6 is 15.8 Å². The first-order valence-corrected chi connectivity index (χ1v) is 16.3. The molecule has 4 rings (SSSR count). The van der Waals surface area contributed by atoms with Crippen LogP contribution in [0.3, 0.4) is 0 Å². The summed E-state index contributed by atoms with van der Waals surface area (Å²) in [6.45, 7) is 20.9. The minimum atomic E-state index is -0.590. The highest BCUT2D eigenvalue weighted by molar-refractivity contribution is 7.89. The third-order valence-corrected chi connectivity index (χ3v) is 15.6. The van der Waals surface area contributed by atoms with Crippen LogP contribution in [0.25, 0.3) is 0 Å². The van der Waals surface area contributed by atoms with Gasteiger partial charge in [-0.2, -0.15) is 0 Å². The average molecular weight is 525 g/mol. The van der Waals surface area contributed by atoms with Crippen LogP contribution in [0, 0.1) is 55.4 Å². The molecule has 4 aromatic carbocycles. The van der Waals surface area contributed by atoms with Gasteiger partial charge >= 0.3 is 0 Å². The Hall–Kier alpha value is -2.26. The molecule has 0 aliphatic rings. The van der Waals surface area contributed by atoms with E-state index in [0.717, 1.165) is 6.42 Å². The van der Waals surface area contributed by atoms with Gasteiger partial charge in [0.1, 0.15) is 0 Å². The second kappa shape index (κ2) is 11.6. The van der Waals surface area contributed by atoms with Gasteiger partial charge in [0.25, 0.3) is 0 Å². The first-order valence-electron chi connectivity index (χ1n) is 13.5. The molecule has 0 saturated carbocycles. The van der Waals surface area contributed by atoms with Crippen LogP contribution < -0.4 is 21.2 Å². The quantitative estimate of drug-likeness (QED) is 0.213. The van der Waals surface area contributed by atoms with E-state index in [1.54, 1.807) is 21.2 Å². The van der Waals surface area contributed by atoms with Crippen molar-refractivity contribution in [3.63, 3.8) is 0 Å². The molecule has 0 atom stereocenters. The number of hydrogen-bond donors (Lipinski definition) is 0. The topological polar surface area (TPSA) is 0 Å². The van der Waals surface area contributed by atoms with Crippen molar-refractivity contribution in [2.24, 2.45) is 0 Å². The van der Waals surface area contributed by atoms with Crippen molar-refractivity contribution in [2.45, 2.75) is 74.1 Å². The third-order valence-electron chi connectivity index (χ3n) is 8.30. The molecule has 0 saturated heterocycles. The SMILES string of the molecule is CCC(P(c1cccc(C)c1C)c1cccc(C)c1C)P(c1cccc(C)c1C)c1cccc(C)c1C. The van der Waals surface area contributed by atoms with Gasteiger partial charge in [-0.15, -0.1) is 0 Å². The second-order valence-electron chi connectivity index (χ2n) is 10.5. The van der Waals surface area contributed by atoms with Crippen LogP contribution in [0.4, 0.5) is 0 Å². The van der Waals surface area contributed by atoms with Crippen molar-refractivity contribution in [3.05, 3.63) is 117 Å². The summed E-state index contributed by atoms with van der Waals surface area (Å²) in [5.74, 6) is 0. The molecule has 0 unspecified atom stereocenters. The molecule has 0 bridgehead atoms. The lowest BCUT2D eigenvalue weighted by atomic mass is 10.1. The van der Waals surface area contributed by atoms with Crippen LogP contribution in [0.2, 0.25) is 0 Å². The van der Waals surface area contributed by atoms with Crippen molar-refractivity contribution < 1.29 is 0 Å². The Labute approximate surface area is 228 Å². The predicted molar refractivity (Wildman–Crippen MR) is 170 cm³/mol. The molecule has 0 N–H and O–H groups in total. The van der Waals surface area contributed by atoms with Gasteiger partial charge in [-0.1, -0.05) is 79.7 Å². The lowest BCUT2D eigenvalue weighted by Crippen LogP contribution is -2.31. The summed E-state index contributed by atoms with van der Waals surface area (Å²) < 4.78 is 0. The molecule has 0 nitrogen and oxygen atoms in total. The maximum atomic E-state index is 2.43. The maximum absolute atomic E-state index is 2.43. The first kappa shape index (κ1) is 27.8. The molecule has 0 aliphatic heterocycles. The molecular formula is C35H42P2. The molecule has 192 valence electrons. The Balaban J connectivity index is 2.08. The van der Waals surface area contributed by atoms with Crippen molar-refractivity contribution >= 4 is 37.1 Å². The molecule has 0 heterocycles. The van der Waals surface area contributed by atoms with E-state index in [4.69, 9.17) is 0 Å². The summed E-state index contributed by atoms with van der Waals surface area (Å²) in [5, 5.41) is 6.75. The predicted octanol–water partition coefficient (Wildman–Crippen LogP) is 8.46. The second-order valence-corrected chi connectivity index (χ2v) is 15.6. The van der Waals surface area contributed by atoms with Crippen LogP contribution in [0.1, 0.15) is 57.9 Å². The monoisotopic (exact) mass is 524 g/mol. The van der Waals surface area contributed by atoms with E-state index in [9.17, 15) is 0 Å². The summed E-state index contributed by atoms with van der Waals surface area (Å²) in [7, 11) is -1.18. The Morgan fingerprint density at radius 1 is 0.432 bits per heavy atom. The minimum absolute atomic E-state index is 0.534. The molecule has 4 aromatic rings. The van der Waals surface area contributed by atoms with Gasteiger partial charge in [0, 0.05) is 5.40 Å². The van der Waals surface area contributed by atoms with Crippen LogP contribution in [-0.4, -0.2) is 5.40 Å². The third kappa shape index (κ3) is 5.35. The zero-order valence-electron chi connectivity index (χ0n) is 24.1. The lowest BCUT2D eigenvalue weighted by molar-refractivity contribution is 1.04. The Bertz CT molecular complexity index is 1210. The van der Waals surface area contributed by atoms with Crippen molar-refractivity contribution in [1.82, 2.24) is 0 Å². The van der Waals surface area contributed by atoms with Crippen molar-refractivity contribution in [1.29, 1.82) is 0 Å². The summed E-state index contributed by atoms with van der Waals surface area (Å²) in [6.07, 6.45) is 1.15. The molecule has 0 spiro atoms. The fourth-order valence-electron chi connectivity index (χ4n) is 5.37. The highest BCUT2D eigenvalue weighted by atomic mass is 31.2. The molecule has 0 aliphatic carbocycles. The maximum Gasteiger partial charge on any atom is 0.0152 e. The number of hydrogen-bond acceptors (Lipinski definition) is 0. The van der Waals surface area contributed by atoms with E-state index < -0.39 is 15.8 Å². The van der Waals surface area contributed by atoms with Crippen molar-refractivity contribution in [2.75, 3.05) is 0 Å². The largest absolute Gasteiger partial charge is 0.0644 e. The molecule has 2 heteroatoms. The lowest BCUT2D eigenvalue weighted by Gasteiger charge is -2.38. The number of aryl methyl sites for hydroxylation is 4. The fraction of sp³-hybridized carbons (Fsp3) is 0.314. The van der Waals surface area contributed by atoms with E-state index in [-0.39, 0.29) is 0 Å². The average Bonchev–Trinajstić information content (AvgIpc) is 2.88. The summed E-state index contributed by atoms with van der Waals surface area (Å²) in [6, 6.07) is 27.9. The van der Waals surface area contributed by atoms with E-state index in [1.165, 1.54) is 44.5 Å². The van der Waals surface area contributed by atoms with E-state index in [2.05, 4.69) is 135 Å². The van der Waals surface area contributed by atoms with Crippen LogP contribution in [0.5, 0.6) is 0 Å². The molecule has 0 radical (unpaired) electrons. The summed E-state index contributed by atoms with van der Waals surface area (Å²) in [5.41, 5.74) is 11.4. The fourth-order valence-corrected chi connectivity index (χ4v) is 13.5. The van der Waals surface area contributed by atoms with Gasteiger partial charge in [0.15, 0.2) is 0 Å². The van der Waals surface area contributed by atoms with E-state index in [1.807, 2.05) is 0 Å². The zero-order chi connectivity index (χ0) is 26.9. The molecule has 0 aromatic heterocycles. The smallest absolute Gasteiger partial charge is 0.0152 e. The Morgan fingerprint density at radius 3 is 0.892 bits per heavy atom. The van der Waals surface area contributed by atoms with Gasteiger partial charge in [0.05, 0.1) is 0 Å². The summed E-state index contributed by atoms with van der Waals surface area (Å²) in [4.78, 5) is 0. The van der Waals surface area contributed by atoms with E-state index >= 15 is 0 Å². The molecule has 37 heavy (non-hydrogen) atoms. The molecular weight excluding hydrogens is 482 g/mol. The first-order chi connectivity index (χ1) is 17.7. The van der Waals surface area contributed by atoms with E-state index in [0.29, 0.717) is 5.40 Å². The molecule has 0 amide bonds. The zero-order valence-corrected chi connectivity index (χ0v) is 25.9. The standard InChI is InChI=1S/C35H42P2/c1-10-35(36(31-19-11-15-23(2)27(31)6)32-20-12-16-24(3)28(32)7)37(33-21-13-17-25(4)29(33)8)34-22-14-18-26(5)30(34)9/h11-22,35H,10H2,1-9H3. The van der Waals surface area contributed by atoms with Gasteiger partial charge in [-0.3, -0.25) is 0 Å². The summed E-state index contributed by atoms with van der Waals surface area (Å²) >= 11 is 0. The highest BCUT2D eigenvalue weighted by Gasteiger charge is 2.35. The van der Waals surface area contributed by atoms with Crippen molar-refractivity contribution in [3.8, 4) is 0 Å². The van der Waals surface area contributed by atoms with Gasteiger partial charge in [-0.05, 0) is 143 Å². The minimum Gasteiger partial charge on any atom is -0.0644 e. The normalized spacial score (nSPS) is 11.7. The van der Waals surface area contributed by atoms with Crippen LogP contribution in [-0.2, 0) is 0 Å². The van der Waals surface area contributed by atoms with Gasteiger partial charge in [-0.25, -0.2) is 0 Å². The highest BCUT2D eigenvalue weighted by Crippen LogP contribution is 2.59. The van der Waals surface area contributed by atoms with Gasteiger partial charge in [0.2, 0.25) is 0 Å². The number of benzene rings is 4.